The van der Waals surface area contributed by atoms with Gasteiger partial charge in [0.2, 0.25) is 5.91 Å². The van der Waals surface area contributed by atoms with E-state index in [0.29, 0.717) is 17.4 Å². The van der Waals surface area contributed by atoms with Crippen molar-refractivity contribution in [3.63, 3.8) is 0 Å². The van der Waals surface area contributed by atoms with Crippen molar-refractivity contribution in [1.29, 1.82) is 0 Å². The van der Waals surface area contributed by atoms with Gasteiger partial charge in [-0.2, -0.15) is 0 Å². The van der Waals surface area contributed by atoms with Crippen molar-refractivity contribution in [1.82, 2.24) is 5.32 Å². The standard InChI is InChI=1S/C75H131N2O7P/c1-7-10-13-16-19-22-25-27-29-31-33-35-36-37-38-39-40-42-44-46-48-50-53-56-59-62-65-68-75(79)84-73(66-63-60-57-54-51-24-21-18-15-12-9-3)72(71-83-85(80,81)82-70-69-77(4,5)6)76-74(78)67-64-61-58-55-52-49-47-45-43-41-34-32-30-28-26-23-20-17-14-11-8-2/h11,14,19-20,22-23,27-30,33-35,37-38,41,45,47,63,66,72-73H,7-10,12-13,15-18,21,24-26,31-32,36,39-40,42-44,46,48-62,64-65,67-71H2,1-6H3,(H-,76,78,80,81)/p+1/b14-11-,22-19-,23-20-,29-27-,30-28-,35-33-,38-37-,41-34-,47-45-,66-63-. The second-order valence-corrected chi connectivity index (χ2v) is 25.8. The number of esters is 1. The van der Waals surface area contributed by atoms with Crippen LogP contribution in [0.4, 0.5) is 0 Å². The van der Waals surface area contributed by atoms with Gasteiger partial charge in [0, 0.05) is 12.8 Å². The number of nitrogens with zero attached hydrogens (tertiary/aromatic N) is 1. The molecule has 10 heteroatoms. The van der Waals surface area contributed by atoms with Gasteiger partial charge in [-0.3, -0.25) is 18.6 Å². The van der Waals surface area contributed by atoms with E-state index in [1.807, 2.05) is 33.3 Å². The maximum Gasteiger partial charge on any atom is 0.472 e. The van der Waals surface area contributed by atoms with E-state index >= 15 is 0 Å². The molecule has 0 saturated carbocycles. The number of quaternary nitrogens is 1. The van der Waals surface area contributed by atoms with Crippen LogP contribution >= 0.6 is 7.82 Å². The number of carbonyl (C=O) groups is 2. The van der Waals surface area contributed by atoms with Crippen molar-refractivity contribution < 1.29 is 37.3 Å². The van der Waals surface area contributed by atoms with E-state index in [4.69, 9.17) is 13.8 Å². The van der Waals surface area contributed by atoms with E-state index in [1.54, 1.807) is 0 Å². The Bertz CT molecular complexity index is 1870. The van der Waals surface area contributed by atoms with Crippen molar-refractivity contribution >= 4 is 19.7 Å². The lowest BCUT2D eigenvalue weighted by molar-refractivity contribution is -0.870. The van der Waals surface area contributed by atoms with Crippen LogP contribution in [0.5, 0.6) is 0 Å². The molecule has 3 atom stereocenters. The smallest absolute Gasteiger partial charge is 0.456 e. The summed E-state index contributed by atoms with van der Waals surface area (Å²) in [7, 11) is 1.47. The number of hydrogen-bond donors (Lipinski definition) is 2. The molecule has 0 aliphatic heterocycles. The number of phosphoric acid groups is 1. The van der Waals surface area contributed by atoms with Gasteiger partial charge in [0.25, 0.3) is 0 Å². The summed E-state index contributed by atoms with van der Waals surface area (Å²) in [5.74, 6) is -0.534. The van der Waals surface area contributed by atoms with Crippen molar-refractivity contribution in [2.24, 2.45) is 0 Å². The van der Waals surface area contributed by atoms with Crippen LogP contribution in [0.15, 0.2) is 122 Å². The summed E-state index contributed by atoms with van der Waals surface area (Å²) in [5.41, 5.74) is 0. The first-order valence-corrected chi connectivity index (χ1v) is 36.4. The fourth-order valence-corrected chi connectivity index (χ4v) is 10.3. The number of hydrogen-bond acceptors (Lipinski definition) is 6. The van der Waals surface area contributed by atoms with E-state index in [1.165, 1.54) is 128 Å². The molecule has 0 saturated heterocycles. The highest BCUT2D eigenvalue weighted by atomic mass is 31.2. The van der Waals surface area contributed by atoms with Gasteiger partial charge in [-0.15, -0.1) is 0 Å². The van der Waals surface area contributed by atoms with Gasteiger partial charge in [-0.1, -0.05) is 277 Å². The first kappa shape index (κ1) is 81.4. The SMILES string of the molecule is CC/C=C\C/C=C\C/C=C\C/C=C\C/C=C\CCCCCCCC(=O)NC(COP(=O)(O)OCC[N+](C)(C)C)C(/C=C\CCCCCCCCCCC)OC(=O)CCCCCCCCCCCCC/C=C\C/C=C\C/C=C\C/C=C\CCCCC. The molecule has 1 amide bonds. The van der Waals surface area contributed by atoms with E-state index < -0.39 is 20.0 Å². The Morgan fingerprint density at radius 2 is 0.753 bits per heavy atom. The van der Waals surface area contributed by atoms with Crippen molar-refractivity contribution in [2.75, 3.05) is 40.9 Å². The van der Waals surface area contributed by atoms with Gasteiger partial charge in [-0.05, 0) is 122 Å². The molecular formula is C75H132N2O7P+. The molecule has 85 heavy (non-hydrogen) atoms. The lowest BCUT2D eigenvalue weighted by atomic mass is 10.0. The maximum absolute atomic E-state index is 13.6. The van der Waals surface area contributed by atoms with Crippen LogP contribution in [0.2, 0.25) is 0 Å². The lowest BCUT2D eigenvalue weighted by Gasteiger charge is -2.27. The third-order valence-electron chi connectivity index (χ3n) is 14.9. The van der Waals surface area contributed by atoms with Gasteiger partial charge in [0.05, 0.1) is 33.8 Å². The maximum atomic E-state index is 13.6. The molecule has 2 N–H and O–H groups in total. The average Bonchev–Trinajstić information content (AvgIpc) is 3.57. The summed E-state index contributed by atoms with van der Waals surface area (Å²) in [6.07, 6.45) is 89.2. The molecule has 0 heterocycles. The zero-order valence-corrected chi connectivity index (χ0v) is 56.7. The summed E-state index contributed by atoms with van der Waals surface area (Å²) in [6, 6.07) is -0.869. The Morgan fingerprint density at radius 1 is 0.424 bits per heavy atom. The van der Waals surface area contributed by atoms with Gasteiger partial charge in [-0.25, -0.2) is 4.57 Å². The highest BCUT2D eigenvalue weighted by molar-refractivity contribution is 7.47. The monoisotopic (exact) mass is 1200 g/mol. The number of rotatable bonds is 62. The topological polar surface area (TPSA) is 111 Å². The van der Waals surface area contributed by atoms with Crippen molar-refractivity contribution in [2.45, 2.75) is 303 Å². The molecule has 0 aliphatic rings. The highest BCUT2D eigenvalue weighted by Gasteiger charge is 2.30. The predicted molar refractivity (Wildman–Crippen MR) is 369 cm³/mol. The molecular weight excluding hydrogens is 1070 g/mol. The number of amides is 1. The third kappa shape index (κ3) is 64.7. The second-order valence-electron chi connectivity index (χ2n) is 24.3. The zero-order chi connectivity index (χ0) is 62.1. The van der Waals surface area contributed by atoms with Gasteiger partial charge in [0.15, 0.2) is 0 Å². The number of ether oxygens (including phenoxy) is 1. The first-order chi connectivity index (χ1) is 41.4. The van der Waals surface area contributed by atoms with Gasteiger partial charge < -0.3 is 19.4 Å². The number of carbonyl (C=O) groups excluding carboxylic acids is 2. The molecule has 0 aromatic rings. The van der Waals surface area contributed by atoms with Gasteiger partial charge >= 0.3 is 13.8 Å². The van der Waals surface area contributed by atoms with Crippen LogP contribution in [0.3, 0.4) is 0 Å². The molecule has 488 valence electrons. The predicted octanol–water partition coefficient (Wildman–Crippen LogP) is 22.2. The summed E-state index contributed by atoms with van der Waals surface area (Å²) < 4.78 is 30.8. The number of likely N-dealkylation sites (N-methyl/N-ethyl adjacent to an activating group) is 1. The van der Waals surface area contributed by atoms with Gasteiger partial charge in [0.1, 0.15) is 19.3 Å². The molecule has 3 unspecified atom stereocenters. The van der Waals surface area contributed by atoms with Crippen LogP contribution in [0.1, 0.15) is 290 Å². The number of allylic oxidation sites excluding steroid dienone is 19. The second kappa shape index (κ2) is 63.4. The quantitative estimate of drug-likeness (QED) is 0.0205. The molecule has 0 fully saturated rings. The van der Waals surface area contributed by atoms with E-state index in [2.05, 4.69) is 135 Å². The number of phosphoric ester groups is 1. The minimum Gasteiger partial charge on any atom is -0.456 e. The third-order valence-corrected chi connectivity index (χ3v) is 15.9. The minimum atomic E-state index is -4.47. The molecule has 0 radical (unpaired) electrons. The Kier molecular flexibility index (Phi) is 60.8. The largest absolute Gasteiger partial charge is 0.472 e. The van der Waals surface area contributed by atoms with E-state index in [0.717, 1.165) is 128 Å². The van der Waals surface area contributed by atoms with E-state index in [9.17, 15) is 19.0 Å². The van der Waals surface area contributed by atoms with Crippen LogP contribution < -0.4 is 5.32 Å². The van der Waals surface area contributed by atoms with Crippen molar-refractivity contribution in [3.05, 3.63) is 122 Å². The molecule has 0 bridgehead atoms. The Morgan fingerprint density at radius 3 is 1.15 bits per heavy atom. The Labute approximate surface area is 524 Å². The van der Waals surface area contributed by atoms with E-state index in [-0.39, 0.29) is 31.5 Å². The fraction of sp³-hybridized carbons (Fsp3) is 0.707. The molecule has 0 rings (SSSR count). The summed E-state index contributed by atoms with van der Waals surface area (Å²) >= 11 is 0. The average molecular weight is 1200 g/mol. The number of nitrogens with one attached hydrogen (secondary N) is 1. The first-order valence-electron chi connectivity index (χ1n) is 34.9. The van der Waals surface area contributed by atoms with Crippen LogP contribution in [0.25, 0.3) is 0 Å². The molecule has 9 nitrogen and oxygen atoms in total. The van der Waals surface area contributed by atoms with Crippen LogP contribution in [0, 0.1) is 0 Å². The zero-order valence-electron chi connectivity index (χ0n) is 55.8. The lowest BCUT2D eigenvalue weighted by Crippen LogP contribution is -2.47. The molecule has 0 aromatic heterocycles. The summed E-state index contributed by atoms with van der Waals surface area (Å²) in [5, 5.41) is 3.05. The highest BCUT2D eigenvalue weighted by Crippen LogP contribution is 2.43. The fourth-order valence-electron chi connectivity index (χ4n) is 9.54. The molecule has 0 spiro atoms. The Hall–Kier alpha value is -3.59. The van der Waals surface area contributed by atoms with Crippen molar-refractivity contribution in [3.8, 4) is 0 Å². The summed E-state index contributed by atoms with van der Waals surface area (Å²) in [6.45, 7) is 6.85. The van der Waals surface area contributed by atoms with Crippen LogP contribution in [-0.2, 0) is 27.9 Å². The molecule has 0 aromatic carbocycles. The normalized spacial score (nSPS) is 14.3. The van der Waals surface area contributed by atoms with Crippen LogP contribution in [-0.4, -0.2) is 74.3 Å². The molecule has 0 aliphatic carbocycles. The Balaban J connectivity index is 5.09. The summed E-state index contributed by atoms with van der Waals surface area (Å²) in [4.78, 5) is 37.9. The minimum absolute atomic E-state index is 0.0297. The number of unbranched alkanes of at least 4 members (excludes halogenated alkanes) is 28.